The Morgan fingerprint density at radius 3 is 2.29 bits per heavy atom. The monoisotopic (exact) mass is 234 g/mol. The first-order chi connectivity index (χ1) is 8.19. The van der Waals surface area contributed by atoms with E-state index in [-0.39, 0.29) is 0 Å². The number of hydrogen-bond donors (Lipinski definition) is 1. The van der Waals surface area contributed by atoms with Gasteiger partial charge in [0, 0.05) is 18.6 Å². The number of nitrogens with zero attached hydrogens (tertiary/aromatic N) is 1. The van der Waals surface area contributed by atoms with Gasteiger partial charge in [0.1, 0.15) is 0 Å². The zero-order chi connectivity index (χ0) is 12.7. The Bertz CT molecular complexity index is 295. The summed E-state index contributed by atoms with van der Waals surface area (Å²) in [5.41, 5.74) is 1.37. The molecule has 1 rings (SSSR count). The minimum atomic E-state index is 0.421. The standard InChI is InChI=1S/C15H26N2/c1-5-11-17(13(2)3)12-15(16-4)14-9-7-6-8-10-14/h6-10,13,15-16H,5,11-12H2,1-4H3. The van der Waals surface area contributed by atoms with Gasteiger partial charge in [-0.2, -0.15) is 0 Å². The molecule has 0 radical (unpaired) electrons. The highest BCUT2D eigenvalue weighted by molar-refractivity contribution is 5.19. The first-order valence-electron chi connectivity index (χ1n) is 6.65. The second-order valence-corrected chi connectivity index (χ2v) is 4.84. The van der Waals surface area contributed by atoms with Crippen LogP contribution in [0.25, 0.3) is 0 Å². The molecule has 0 aliphatic carbocycles. The fourth-order valence-corrected chi connectivity index (χ4v) is 2.13. The first-order valence-corrected chi connectivity index (χ1v) is 6.65. The highest BCUT2D eigenvalue weighted by atomic mass is 15.2. The third-order valence-electron chi connectivity index (χ3n) is 3.21. The topological polar surface area (TPSA) is 15.3 Å². The maximum Gasteiger partial charge on any atom is 0.0446 e. The van der Waals surface area contributed by atoms with Crippen LogP contribution in [0.2, 0.25) is 0 Å². The molecule has 1 unspecified atom stereocenters. The Balaban J connectivity index is 2.68. The molecule has 1 atom stereocenters. The van der Waals surface area contributed by atoms with Crippen LogP contribution in [-0.2, 0) is 0 Å². The zero-order valence-corrected chi connectivity index (χ0v) is 11.6. The lowest BCUT2D eigenvalue weighted by Gasteiger charge is -2.30. The summed E-state index contributed by atoms with van der Waals surface area (Å²) in [5.74, 6) is 0. The molecule has 1 aromatic rings. The molecular weight excluding hydrogens is 208 g/mol. The van der Waals surface area contributed by atoms with Gasteiger partial charge < -0.3 is 5.32 Å². The van der Waals surface area contributed by atoms with Gasteiger partial charge in [0.15, 0.2) is 0 Å². The van der Waals surface area contributed by atoms with Crippen LogP contribution in [0.5, 0.6) is 0 Å². The third kappa shape index (κ3) is 4.49. The largest absolute Gasteiger partial charge is 0.312 e. The van der Waals surface area contributed by atoms with Crippen LogP contribution >= 0.6 is 0 Å². The van der Waals surface area contributed by atoms with Crippen molar-refractivity contribution in [3.8, 4) is 0 Å². The van der Waals surface area contributed by atoms with Crippen molar-refractivity contribution in [1.29, 1.82) is 0 Å². The molecule has 0 saturated carbocycles. The number of nitrogens with one attached hydrogen (secondary N) is 1. The van der Waals surface area contributed by atoms with E-state index in [0.717, 1.165) is 6.54 Å². The minimum absolute atomic E-state index is 0.421. The van der Waals surface area contributed by atoms with Crippen LogP contribution in [0.4, 0.5) is 0 Å². The highest BCUT2D eigenvalue weighted by Crippen LogP contribution is 2.15. The van der Waals surface area contributed by atoms with E-state index >= 15 is 0 Å². The van der Waals surface area contributed by atoms with Crippen LogP contribution in [0.1, 0.15) is 38.8 Å². The van der Waals surface area contributed by atoms with E-state index in [2.05, 4.69) is 61.3 Å². The van der Waals surface area contributed by atoms with E-state index in [9.17, 15) is 0 Å². The lowest BCUT2D eigenvalue weighted by Crippen LogP contribution is -2.38. The molecular formula is C15H26N2. The van der Waals surface area contributed by atoms with Crippen molar-refractivity contribution in [3.63, 3.8) is 0 Å². The van der Waals surface area contributed by atoms with E-state index < -0.39 is 0 Å². The molecule has 1 N–H and O–H groups in total. The summed E-state index contributed by atoms with van der Waals surface area (Å²) in [6, 6.07) is 11.7. The number of rotatable bonds is 7. The number of benzene rings is 1. The Labute approximate surface area is 106 Å². The molecule has 1 aromatic carbocycles. The summed E-state index contributed by atoms with van der Waals surface area (Å²) >= 11 is 0. The van der Waals surface area contributed by atoms with Crippen molar-refractivity contribution in [2.45, 2.75) is 39.3 Å². The molecule has 2 nitrogen and oxygen atoms in total. The fraction of sp³-hybridized carbons (Fsp3) is 0.600. The normalized spacial score (nSPS) is 13.3. The predicted molar refractivity (Wildman–Crippen MR) is 75.2 cm³/mol. The SMILES string of the molecule is CCCN(CC(NC)c1ccccc1)C(C)C. The van der Waals surface area contributed by atoms with Crippen molar-refractivity contribution in [2.75, 3.05) is 20.1 Å². The summed E-state index contributed by atoms with van der Waals surface area (Å²) < 4.78 is 0. The minimum Gasteiger partial charge on any atom is -0.312 e. The molecule has 2 heteroatoms. The number of likely N-dealkylation sites (N-methyl/N-ethyl adjacent to an activating group) is 1. The maximum absolute atomic E-state index is 3.42. The van der Waals surface area contributed by atoms with Gasteiger partial charge in [-0.15, -0.1) is 0 Å². The van der Waals surface area contributed by atoms with Crippen LogP contribution in [0.3, 0.4) is 0 Å². The van der Waals surface area contributed by atoms with Crippen molar-refractivity contribution in [3.05, 3.63) is 35.9 Å². The fourth-order valence-electron chi connectivity index (χ4n) is 2.13. The van der Waals surface area contributed by atoms with Crippen LogP contribution < -0.4 is 5.32 Å². The maximum atomic E-state index is 3.42. The van der Waals surface area contributed by atoms with E-state index in [1.165, 1.54) is 18.5 Å². The van der Waals surface area contributed by atoms with Gasteiger partial charge in [-0.05, 0) is 39.4 Å². The molecule has 0 aliphatic heterocycles. The van der Waals surface area contributed by atoms with Gasteiger partial charge >= 0.3 is 0 Å². The Morgan fingerprint density at radius 1 is 1.18 bits per heavy atom. The molecule has 0 fully saturated rings. The van der Waals surface area contributed by atoms with Gasteiger partial charge in [0.25, 0.3) is 0 Å². The molecule has 0 spiro atoms. The summed E-state index contributed by atoms with van der Waals surface area (Å²) in [6.45, 7) is 9.03. The Kier molecular flexibility index (Phi) is 6.23. The number of hydrogen-bond acceptors (Lipinski definition) is 2. The lowest BCUT2D eigenvalue weighted by atomic mass is 10.1. The lowest BCUT2D eigenvalue weighted by molar-refractivity contribution is 0.200. The third-order valence-corrected chi connectivity index (χ3v) is 3.21. The van der Waals surface area contributed by atoms with E-state index in [1.807, 2.05) is 7.05 Å². The Hall–Kier alpha value is -0.860. The van der Waals surface area contributed by atoms with Crippen molar-refractivity contribution >= 4 is 0 Å². The molecule has 0 amide bonds. The average molecular weight is 234 g/mol. The summed E-state index contributed by atoms with van der Waals surface area (Å²) in [7, 11) is 2.04. The van der Waals surface area contributed by atoms with Crippen LogP contribution in [0.15, 0.2) is 30.3 Å². The van der Waals surface area contributed by atoms with Gasteiger partial charge in [0.2, 0.25) is 0 Å². The van der Waals surface area contributed by atoms with Gasteiger partial charge in [-0.3, -0.25) is 4.90 Å². The highest BCUT2D eigenvalue weighted by Gasteiger charge is 2.15. The summed E-state index contributed by atoms with van der Waals surface area (Å²) in [4.78, 5) is 2.54. The van der Waals surface area contributed by atoms with Gasteiger partial charge in [0.05, 0.1) is 0 Å². The smallest absolute Gasteiger partial charge is 0.0446 e. The summed E-state index contributed by atoms with van der Waals surface area (Å²) in [6.07, 6.45) is 1.21. The first kappa shape index (κ1) is 14.2. The van der Waals surface area contributed by atoms with Crippen molar-refractivity contribution in [2.24, 2.45) is 0 Å². The second kappa shape index (κ2) is 7.46. The molecule has 0 bridgehead atoms. The predicted octanol–water partition coefficient (Wildman–Crippen LogP) is 3.07. The van der Waals surface area contributed by atoms with Crippen LogP contribution in [-0.4, -0.2) is 31.1 Å². The van der Waals surface area contributed by atoms with Gasteiger partial charge in [-0.25, -0.2) is 0 Å². The van der Waals surface area contributed by atoms with Crippen LogP contribution in [0, 0.1) is 0 Å². The second-order valence-electron chi connectivity index (χ2n) is 4.84. The van der Waals surface area contributed by atoms with Crippen molar-refractivity contribution < 1.29 is 0 Å². The summed E-state index contributed by atoms with van der Waals surface area (Å²) in [5, 5.41) is 3.42. The molecule has 0 heterocycles. The Morgan fingerprint density at radius 2 is 1.82 bits per heavy atom. The molecule has 96 valence electrons. The molecule has 0 aromatic heterocycles. The van der Waals surface area contributed by atoms with E-state index in [0.29, 0.717) is 12.1 Å². The van der Waals surface area contributed by atoms with E-state index in [1.54, 1.807) is 0 Å². The molecule has 0 saturated heterocycles. The molecule has 0 aliphatic rings. The average Bonchev–Trinajstić information content (AvgIpc) is 2.35. The quantitative estimate of drug-likeness (QED) is 0.780. The van der Waals surface area contributed by atoms with E-state index in [4.69, 9.17) is 0 Å². The van der Waals surface area contributed by atoms with Gasteiger partial charge in [-0.1, -0.05) is 37.3 Å². The molecule has 17 heavy (non-hydrogen) atoms. The zero-order valence-electron chi connectivity index (χ0n) is 11.6. The van der Waals surface area contributed by atoms with Crippen molar-refractivity contribution in [1.82, 2.24) is 10.2 Å².